The summed E-state index contributed by atoms with van der Waals surface area (Å²) in [6.45, 7) is 2.21. The van der Waals surface area contributed by atoms with Crippen LogP contribution in [0.15, 0.2) is 38.1 Å². The molecule has 2 aromatic rings. The number of anilines is 1. The van der Waals surface area contributed by atoms with Gasteiger partial charge in [0.1, 0.15) is 10.3 Å². The number of nitrogens with zero attached hydrogens (tertiary/aromatic N) is 2. The Balaban J connectivity index is 2.46. The standard InChI is InChI=1S/C12H11Br2N3O/c1-7-16-5-10(14)12(18)17(7)6-8-2-3-9(13)4-11(8)15/h2-5H,6,15H2,1H3. The monoisotopic (exact) mass is 371 g/mol. The first-order chi connectivity index (χ1) is 8.49. The minimum Gasteiger partial charge on any atom is -0.398 e. The lowest BCUT2D eigenvalue weighted by molar-refractivity contribution is 0.696. The molecule has 0 bridgehead atoms. The Labute approximate surface area is 121 Å². The van der Waals surface area contributed by atoms with Gasteiger partial charge < -0.3 is 5.73 Å². The Hall–Kier alpha value is -1.14. The third kappa shape index (κ3) is 2.64. The number of nitrogen functional groups attached to an aromatic ring is 1. The minimum absolute atomic E-state index is 0.107. The summed E-state index contributed by atoms with van der Waals surface area (Å²) in [5, 5.41) is 0. The van der Waals surface area contributed by atoms with Crippen LogP contribution in [0.1, 0.15) is 11.4 Å². The fourth-order valence-corrected chi connectivity index (χ4v) is 2.31. The summed E-state index contributed by atoms with van der Waals surface area (Å²) in [7, 11) is 0. The van der Waals surface area contributed by atoms with Gasteiger partial charge in [0.05, 0.1) is 6.54 Å². The number of benzene rings is 1. The molecule has 0 atom stereocenters. The molecule has 4 nitrogen and oxygen atoms in total. The van der Waals surface area contributed by atoms with Crippen LogP contribution in [0.4, 0.5) is 5.69 Å². The lowest BCUT2D eigenvalue weighted by atomic mass is 10.2. The van der Waals surface area contributed by atoms with Crippen molar-refractivity contribution in [1.82, 2.24) is 9.55 Å². The molecule has 0 amide bonds. The number of aryl methyl sites for hydroxylation is 1. The van der Waals surface area contributed by atoms with Crippen molar-refractivity contribution in [1.29, 1.82) is 0 Å². The van der Waals surface area contributed by atoms with Crippen LogP contribution in [0.2, 0.25) is 0 Å². The maximum absolute atomic E-state index is 12.0. The van der Waals surface area contributed by atoms with Gasteiger partial charge in [-0.15, -0.1) is 0 Å². The first kappa shape index (κ1) is 13.3. The highest BCUT2D eigenvalue weighted by Crippen LogP contribution is 2.19. The zero-order valence-corrected chi connectivity index (χ0v) is 12.8. The highest BCUT2D eigenvalue weighted by atomic mass is 79.9. The van der Waals surface area contributed by atoms with Gasteiger partial charge in [0.15, 0.2) is 0 Å². The van der Waals surface area contributed by atoms with Crippen molar-refractivity contribution in [2.75, 3.05) is 5.73 Å². The number of hydrogen-bond acceptors (Lipinski definition) is 3. The molecule has 1 heterocycles. The molecule has 2 N–H and O–H groups in total. The normalized spacial score (nSPS) is 10.6. The molecule has 0 aliphatic carbocycles. The smallest absolute Gasteiger partial charge is 0.268 e. The van der Waals surface area contributed by atoms with Crippen molar-refractivity contribution < 1.29 is 0 Å². The summed E-state index contributed by atoms with van der Waals surface area (Å²) in [6, 6.07) is 5.62. The Bertz CT molecular complexity index is 652. The molecular formula is C12H11Br2N3O. The molecule has 0 aliphatic rings. The van der Waals surface area contributed by atoms with Gasteiger partial charge >= 0.3 is 0 Å². The number of hydrogen-bond donors (Lipinski definition) is 1. The highest BCUT2D eigenvalue weighted by molar-refractivity contribution is 9.10. The molecule has 0 saturated carbocycles. The molecule has 6 heteroatoms. The first-order valence-electron chi connectivity index (χ1n) is 5.25. The second kappa shape index (κ2) is 5.24. The van der Waals surface area contributed by atoms with Crippen LogP contribution in [0.25, 0.3) is 0 Å². The second-order valence-corrected chi connectivity index (χ2v) is 5.66. The van der Waals surface area contributed by atoms with E-state index in [0.29, 0.717) is 22.5 Å². The molecule has 18 heavy (non-hydrogen) atoms. The van der Waals surface area contributed by atoms with Gasteiger partial charge in [-0.25, -0.2) is 4.98 Å². The van der Waals surface area contributed by atoms with Crippen LogP contribution in [0.5, 0.6) is 0 Å². The summed E-state index contributed by atoms with van der Waals surface area (Å²) < 4.78 is 2.95. The molecule has 0 fully saturated rings. The maximum atomic E-state index is 12.0. The van der Waals surface area contributed by atoms with Gasteiger partial charge in [-0.05, 0) is 40.5 Å². The van der Waals surface area contributed by atoms with Crippen LogP contribution < -0.4 is 11.3 Å². The van der Waals surface area contributed by atoms with Crippen LogP contribution in [-0.4, -0.2) is 9.55 Å². The van der Waals surface area contributed by atoms with Crippen LogP contribution >= 0.6 is 31.9 Å². The number of nitrogens with two attached hydrogens (primary N) is 1. The van der Waals surface area contributed by atoms with E-state index in [0.717, 1.165) is 10.0 Å². The fourth-order valence-electron chi connectivity index (χ4n) is 1.62. The second-order valence-electron chi connectivity index (χ2n) is 3.89. The zero-order valence-electron chi connectivity index (χ0n) is 9.65. The lowest BCUT2D eigenvalue weighted by Crippen LogP contribution is -2.24. The third-order valence-electron chi connectivity index (χ3n) is 2.64. The molecular weight excluding hydrogens is 362 g/mol. The largest absolute Gasteiger partial charge is 0.398 e. The van der Waals surface area contributed by atoms with Crippen molar-refractivity contribution >= 4 is 37.5 Å². The average Bonchev–Trinajstić information content (AvgIpc) is 2.32. The number of aromatic nitrogens is 2. The van der Waals surface area contributed by atoms with E-state index in [1.165, 1.54) is 6.20 Å². The molecule has 94 valence electrons. The summed E-state index contributed by atoms with van der Waals surface area (Å²) in [5.41, 5.74) is 7.36. The van der Waals surface area contributed by atoms with Gasteiger partial charge in [0.25, 0.3) is 5.56 Å². The van der Waals surface area contributed by atoms with Crippen molar-refractivity contribution in [3.05, 3.63) is 55.1 Å². The van der Waals surface area contributed by atoms with E-state index < -0.39 is 0 Å². The summed E-state index contributed by atoms with van der Waals surface area (Å²) >= 11 is 6.54. The van der Waals surface area contributed by atoms with Crippen molar-refractivity contribution in [2.24, 2.45) is 0 Å². The van der Waals surface area contributed by atoms with Gasteiger partial charge in [0, 0.05) is 16.4 Å². The van der Waals surface area contributed by atoms with E-state index in [-0.39, 0.29) is 5.56 Å². The van der Waals surface area contributed by atoms with Crippen LogP contribution in [0.3, 0.4) is 0 Å². The van der Waals surface area contributed by atoms with E-state index in [4.69, 9.17) is 5.73 Å². The SMILES string of the molecule is Cc1ncc(Br)c(=O)n1Cc1ccc(Br)cc1N. The van der Waals surface area contributed by atoms with Gasteiger partial charge in [-0.3, -0.25) is 9.36 Å². The van der Waals surface area contributed by atoms with Gasteiger partial charge in [-0.2, -0.15) is 0 Å². The Morgan fingerprint density at radius 1 is 1.39 bits per heavy atom. The van der Waals surface area contributed by atoms with E-state index in [2.05, 4.69) is 36.8 Å². The maximum Gasteiger partial charge on any atom is 0.268 e. The van der Waals surface area contributed by atoms with E-state index in [1.54, 1.807) is 11.5 Å². The molecule has 2 rings (SSSR count). The predicted octanol–water partition coefficient (Wildman–Crippen LogP) is 2.71. The minimum atomic E-state index is -0.107. The quantitative estimate of drug-likeness (QED) is 0.824. The Kier molecular flexibility index (Phi) is 3.87. The van der Waals surface area contributed by atoms with E-state index >= 15 is 0 Å². The molecule has 0 unspecified atom stereocenters. The molecule has 0 spiro atoms. The van der Waals surface area contributed by atoms with Crippen molar-refractivity contribution in [2.45, 2.75) is 13.5 Å². The highest BCUT2D eigenvalue weighted by Gasteiger charge is 2.08. The molecule has 1 aromatic heterocycles. The number of halogens is 2. The van der Waals surface area contributed by atoms with Gasteiger partial charge in [0.2, 0.25) is 0 Å². The predicted molar refractivity (Wildman–Crippen MR) is 78.6 cm³/mol. The molecule has 0 radical (unpaired) electrons. The summed E-state index contributed by atoms with van der Waals surface area (Å²) in [6.07, 6.45) is 1.51. The van der Waals surface area contributed by atoms with E-state index in [1.807, 2.05) is 18.2 Å². The Morgan fingerprint density at radius 3 is 2.78 bits per heavy atom. The van der Waals surface area contributed by atoms with E-state index in [9.17, 15) is 4.79 Å². The lowest BCUT2D eigenvalue weighted by Gasteiger charge is -2.11. The molecule has 1 aromatic carbocycles. The topological polar surface area (TPSA) is 60.9 Å². The van der Waals surface area contributed by atoms with Crippen molar-refractivity contribution in [3.8, 4) is 0 Å². The average molecular weight is 373 g/mol. The van der Waals surface area contributed by atoms with Gasteiger partial charge in [-0.1, -0.05) is 22.0 Å². The molecule has 0 saturated heterocycles. The van der Waals surface area contributed by atoms with Crippen LogP contribution in [-0.2, 0) is 6.54 Å². The van der Waals surface area contributed by atoms with Crippen molar-refractivity contribution in [3.63, 3.8) is 0 Å². The molecule has 0 aliphatic heterocycles. The summed E-state index contributed by atoms with van der Waals surface area (Å²) in [4.78, 5) is 16.1. The third-order valence-corrected chi connectivity index (χ3v) is 3.68. The Morgan fingerprint density at radius 2 is 2.11 bits per heavy atom. The fraction of sp³-hybridized carbons (Fsp3) is 0.167. The summed E-state index contributed by atoms with van der Waals surface area (Å²) in [5.74, 6) is 0.658. The van der Waals surface area contributed by atoms with Crippen LogP contribution in [0, 0.1) is 6.92 Å². The zero-order chi connectivity index (χ0) is 13.3. The first-order valence-corrected chi connectivity index (χ1v) is 6.83. The number of rotatable bonds is 2.